The van der Waals surface area contributed by atoms with E-state index in [1.807, 2.05) is 56.5 Å². The zero-order chi connectivity index (χ0) is 15.2. The Balaban J connectivity index is 2.51. The van der Waals surface area contributed by atoms with E-state index in [1.54, 1.807) is 0 Å². The van der Waals surface area contributed by atoms with Crippen LogP contribution >= 0.6 is 11.8 Å². The molecule has 0 aliphatic carbocycles. The molecular formula is C16H16N4S. The van der Waals surface area contributed by atoms with Crippen LogP contribution in [0, 0.1) is 18.3 Å². The summed E-state index contributed by atoms with van der Waals surface area (Å²) >= 11 is 1.45. The van der Waals surface area contributed by atoms with E-state index in [0.717, 1.165) is 11.3 Å². The number of benzene rings is 1. The Morgan fingerprint density at radius 3 is 2.76 bits per heavy atom. The van der Waals surface area contributed by atoms with Crippen LogP contribution in [0.5, 0.6) is 0 Å². The highest BCUT2D eigenvalue weighted by Crippen LogP contribution is 2.24. The lowest BCUT2D eigenvalue weighted by atomic mass is 10.2. The van der Waals surface area contributed by atoms with Gasteiger partial charge in [-0.3, -0.25) is 0 Å². The topological polar surface area (TPSA) is 61.6 Å². The van der Waals surface area contributed by atoms with E-state index < -0.39 is 0 Å². The first-order valence-electron chi connectivity index (χ1n) is 6.50. The molecule has 0 aliphatic rings. The van der Waals surface area contributed by atoms with Gasteiger partial charge in [0.1, 0.15) is 11.6 Å². The summed E-state index contributed by atoms with van der Waals surface area (Å²) in [6, 6.07) is 10.1. The third kappa shape index (κ3) is 3.61. The number of allylic oxidation sites excluding steroid dienone is 1. The largest absolute Gasteiger partial charge is 0.339 e. The van der Waals surface area contributed by atoms with Crippen molar-refractivity contribution in [2.24, 2.45) is 0 Å². The van der Waals surface area contributed by atoms with Crippen molar-refractivity contribution in [1.29, 1.82) is 5.26 Å². The minimum absolute atomic E-state index is 0.451. The summed E-state index contributed by atoms with van der Waals surface area (Å²) in [5.74, 6) is 0.538. The van der Waals surface area contributed by atoms with Crippen LogP contribution in [0.15, 0.2) is 35.5 Å². The number of nitrogens with one attached hydrogen (secondary N) is 1. The number of aromatic nitrogens is 2. The van der Waals surface area contributed by atoms with Gasteiger partial charge in [-0.1, -0.05) is 30.0 Å². The number of nitriles is 1. The molecule has 4 nitrogen and oxygen atoms in total. The van der Waals surface area contributed by atoms with Gasteiger partial charge in [-0.2, -0.15) is 5.26 Å². The van der Waals surface area contributed by atoms with Gasteiger partial charge >= 0.3 is 0 Å². The molecule has 0 aliphatic heterocycles. The van der Waals surface area contributed by atoms with Crippen LogP contribution in [0.25, 0.3) is 6.08 Å². The highest BCUT2D eigenvalue weighted by Gasteiger charge is 2.12. The zero-order valence-electron chi connectivity index (χ0n) is 12.2. The molecular weight excluding hydrogens is 280 g/mol. The van der Waals surface area contributed by atoms with Crippen molar-refractivity contribution < 1.29 is 0 Å². The summed E-state index contributed by atoms with van der Waals surface area (Å²) in [4.78, 5) is 8.79. The van der Waals surface area contributed by atoms with Crippen molar-refractivity contribution in [3.05, 3.63) is 47.2 Å². The molecule has 0 fully saturated rings. The Morgan fingerprint density at radius 2 is 2.14 bits per heavy atom. The van der Waals surface area contributed by atoms with Gasteiger partial charge in [0.2, 0.25) is 0 Å². The highest BCUT2D eigenvalue weighted by atomic mass is 32.2. The van der Waals surface area contributed by atoms with E-state index in [4.69, 9.17) is 0 Å². The normalized spacial score (nSPS) is 10.6. The van der Waals surface area contributed by atoms with Crippen LogP contribution in [0.1, 0.15) is 23.7 Å². The standard InChI is InChI=1S/C16H16N4S/c1-4-6-14-13(10-17)15(20-16(19-14)21-3)18-12-8-5-7-11(2)9-12/h4-9H,1-3H3,(H,18,19,20)/b6-4+. The molecule has 1 aromatic carbocycles. The molecule has 0 spiro atoms. The van der Waals surface area contributed by atoms with Crippen molar-refractivity contribution in [2.45, 2.75) is 19.0 Å². The molecule has 0 bridgehead atoms. The monoisotopic (exact) mass is 296 g/mol. The fraction of sp³-hybridized carbons (Fsp3) is 0.188. The third-order valence-electron chi connectivity index (χ3n) is 2.82. The van der Waals surface area contributed by atoms with Crippen molar-refractivity contribution >= 4 is 29.3 Å². The molecule has 0 atom stereocenters. The van der Waals surface area contributed by atoms with Gasteiger partial charge in [-0.05, 0) is 43.9 Å². The zero-order valence-corrected chi connectivity index (χ0v) is 13.0. The quantitative estimate of drug-likeness (QED) is 0.678. The summed E-state index contributed by atoms with van der Waals surface area (Å²) in [5.41, 5.74) is 3.14. The molecule has 0 saturated heterocycles. The van der Waals surface area contributed by atoms with Crippen LogP contribution < -0.4 is 5.32 Å². The van der Waals surface area contributed by atoms with Crippen LogP contribution in [0.3, 0.4) is 0 Å². The van der Waals surface area contributed by atoms with Crippen LogP contribution in [0.2, 0.25) is 0 Å². The lowest BCUT2D eigenvalue weighted by molar-refractivity contribution is 0.959. The highest BCUT2D eigenvalue weighted by molar-refractivity contribution is 7.98. The van der Waals surface area contributed by atoms with Gasteiger partial charge in [0.25, 0.3) is 0 Å². The number of hydrogen-bond donors (Lipinski definition) is 1. The lowest BCUT2D eigenvalue weighted by Gasteiger charge is -2.10. The molecule has 2 rings (SSSR count). The molecule has 106 valence electrons. The summed E-state index contributed by atoms with van der Waals surface area (Å²) in [5, 5.41) is 13.3. The maximum absolute atomic E-state index is 9.41. The van der Waals surface area contributed by atoms with E-state index in [1.165, 1.54) is 11.8 Å². The molecule has 0 radical (unpaired) electrons. The maximum atomic E-state index is 9.41. The van der Waals surface area contributed by atoms with Crippen LogP contribution in [-0.4, -0.2) is 16.2 Å². The average Bonchev–Trinajstić information content (AvgIpc) is 2.47. The molecule has 2 aromatic rings. The van der Waals surface area contributed by atoms with Gasteiger partial charge in [0.15, 0.2) is 11.0 Å². The van der Waals surface area contributed by atoms with Gasteiger partial charge in [0, 0.05) is 5.69 Å². The molecule has 1 heterocycles. The Kier molecular flexibility index (Phi) is 4.96. The van der Waals surface area contributed by atoms with Crippen LogP contribution in [0.4, 0.5) is 11.5 Å². The van der Waals surface area contributed by atoms with Crippen LogP contribution in [-0.2, 0) is 0 Å². The van der Waals surface area contributed by atoms with Gasteiger partial charge in [-0.25, -0.2) is 9.97 Å². The summed E-state index contributed by atoms with van der Waals surface area (Å²) in [6.45, 7) is 3.92. The minimum Gasteiger partial charge on any atom is -0.339 e. The second kappa shape index (κ2) is 6.91. The minimum atomic E-state index is 0.451. The predicted molar refractivity (Wildman–Crippen MR) is 87.7 cm³/mol. The van der Waals surface area contributed by atoms with Gasteiger partial charge in [-0.15, -0.1) is 0 Å². The SMILES string of the molecule is C/C=C/c1nc(SC)nc(Nc2cccc(C)c2)c1C#N. The van der Waals surface area contributed by atoms with E-state index in [0.29, 0.717) is 22.2 Å². The molecule has 1 aromatic heterocycles. The Morgan fingerprint density at radius 1 is 1.33 bits per heavy atom. The predicted octanol–water partition coefficient (Wildman–Crippen LogP) is 4.16. The number of aryl methyl sites for hydroxylation is 1. The summed E-state index contributed by atoms with van der Waals surface area (Å²) in [6.07, 6.45) is 5.60. The van der Waals surface area contributed by atoms with Crippen molar-refractivity contribution in [2.75, 3.05) is 11.6 Å². The Labute approximate surface area is 128 Å². The first-order chi connectivity index (χ1) is 10.2. The van der Waals surface area contributed by atoms with E-state index >= 15 is 0 Å². The number of hydrogen-bond acceptors (Lipinski definition) is 5. The molecule has 21 heavy (non-hydrogen) atoms. The Bertz CT molecular complexity index is 717. The summed E-state index contributed by atoms with van der Waals surface area (Å²) < 4.78 is 0. The van der Waals surface area contributed by atoms with E-state index in [9.17, 15) is 5.26 Å². The fourth-order valence-corrected chi connectivity index (χ4v) is 2.26. The first-order valence-corrected chi connectivity index (χ1v) is 7.73. The number of anilines is 2. The number of nitrogens with zero attached hydrogens (tertiary/aromatic N) is 3. The number of rotatable bonds is 4. The van der Waals surface area contributed by atoms with Gasteiger partial charge < -0.3 is 5.32 Å². The molecule has 5 heteroatoms. The molecule has 1 N–H and O–H groups in total. The van der Waals surface area contributed by atoms with E-state index in [-0.39, 0.29) is 0 Å². The third-order valence-corrected chi connectivity index (χ3v) is 3.36. The van der Waals surface area contributed by atoms with Crippen molar-refractivity contribution in [3.8, 4) is 6.07 Å². The Hall–Kier alpha value is -2.32. The first kappa shape index (κ1) is 15.1. The second-order valence-corrected chi connectivity index (χ2v) is 5.20. The molecule has 0 amide bonds. The van der Waals surface area contributed by atoms with Crippen molar-refractivity contribution in [3.63, 3.8) is 0 Å². The molecule has 0 unspecified atom stereocenters. The average molecular weight is 296 g/mol. The molecule has 0 saturated carbocycles. The fourth-order valence-electron chi connectivity index (χ4n) is 1.89. The maximum Gasteiger partial charge on any atom is 0.189 e. The lowest BCUT2D eigenvalue weighted by Crippen LogP contribution is -2.03. The van der Waals surface area contributed by atoms with Gasteiger partial charge in [0.05, 0.1) is 5.69 Å². The summed E-state index contributed by atoms with van der Waals surface area (Å²) in [7, 11) is 0. The number of thioether (sulfide) groups is 1. The second-order valence-electron chi connectivity index (χ2n) is 4.43. The smallest absolute Gasteiger partial charge is 0.189 e. The van der Waals surface area contributed by atoms with E-state index in [2.05, 4.69) is 21.4 Å². The van der Waals surface area contributed by atoms with Crippen molar-refractivity contribution in [1.82, 2.24) is 9.97 Å².